The van der Waals surface area contributed by atoms with Gasteiger partial charge in [0.15, 0.2) is 0 Å². The Morgan fingerprint density at radius 3 is 2.22 bits per heavy atom. The minimum atomic E-state index is -0.890. The van der Waals surface area contributed by atoms with Crippen LogP contribution in [0.15, 0.2) is 24.3 Å². The van der Waals surface area contributed by atoms with Gasteiger partial charge in [-0.15, -0.1) is 0 Å². The molecule has 1 fully saturated rings. The number of carboxylic acids is 1. The number of rotatable bonds is 2. The zero-order valence-electron chi connectivity index (χ0n) is 13.5. The van der Waals surface area contributed by atoms with Crippen LogP contribution in [0, 0.1) is 5.92 Å². The molecule has 4 heteroatoms. The molecule has 2 aliphatic rings. The maximum absolute atomic E-state index is 13.0. The van der Waals surface area contributed by atoms with Crippen molar-refractivity contribution in [2.75, 3.05) is 0 Å². The average Bonchev–Trinajstić information content (AvgIpc) is 2.52. The summed E-state index contributed by atoms with van der Waals surface area (Å²) < 4.78 is 0. The molecule has 0 saturated heterocycles. The fraction of sp³-hybridized carbons (Fsp3) is 0.579. The summed E-state index contributed by atoms with van der Waals surface area (Å²) in [6.45, 7) is 0.433. The summed E-state index contributed by atoms with van der Waals surface area (Å²) in [5.41, 5.74) is 2.14. The van der Waals surface area contributed by atoms with Crippen molar-refractivity contribution in [2.24, 2.45) is 5.92 Å². The van der Waals surface area contributed by atoms with Crippen LogP contribution in [0.4, 0.5) is 0 Å². The number of carbonyl (C=O) groups is 2. The van der Waals surface area contributed by atoms with Crippen LogP contribution in [0.25, 0.3) is 0 Å². The molecule has 0 radical (unpaired) electrons. The van der Waals surface area contributed by atoms with Crippen LogP contribution < -0.4 is 0 Å². The highest BCUT2D eigenvalue weighted by Crippen LogP contribution is 2.29. The molecule has 1 saturated carbocycles. The molecule has 4 nitrogen and oxygen atoms in total. The van der Waals surface area contributed by atoms with Gasteiger partial charge < -0.3 is 10.0 Å². The number of carbonyl (C=O) groups excluding carboxylic acids is 1. The first kappa shape index (κ1) is 16.0. The largest absolute Gasteiger partial charge is 0.480 e. The third-order valence-electron chi connectivity index (χ3n) is 5.27. The van der Waals surface area contributed by atoms with E-state index in [1.54, 1.807) is 4.90 Å². The minimum Gasteiger partial charge on any atom is -0.480 e. The smallest absolute Gasteiger partial charge is 0.326 e. The highest BCUT2D eigenvalue weighted by atomic mass is 16.4. The second-order valence-corrected chi connectivity index (χ2v) is 6.84. The third kappa shape index (κ3) is 3.57. The molecule has 1 aliphatic heterocycles. The molecular weight excluding hydrogens is 290 g/mol. The lowest BCUT2D eigenvalue weighted by Crippen LogP contribution is -2.50. The molecule has 23 heavy (non-hydrogen) atoms. The van der Waals surface area contributed by atoms with Gasteiger partial charge in [-0.05, 0) is 24.0 Å². The Balaban J connectivity index is 1.80. The predicted molar refractivity (Wildman–Crippen MR) is 87.9 cm³/mol. The molecule has 1 atom stereocenters. The molecule has 0 aromatic heterocycles. The lowest BCUT2D eigenvalue weighted by atomic mass is 9.87. The van der Waals surface area contributed by atoms with Gasteiger partial charge >= 0.3 is 5.97 Å². The van der Waals surface area contributed by atoms with Crippen LogP contribution in [-0.4, -0.2) is 27.9 Å². The first-order valence-corrected chi connectivity index (χ1v) is 8.77. The Kier molecular flexibility index (Phi) is 4.99. The van der Waals surface area contributed by atoms with Gasteiger partial charge in [0.05, 0.1) is 0 Å². The SMILES string of the molecule is O=C(O)C1Cc2ccccc2CN1C(=O)C1CCCCCCC1. The maximum Gasteiger partial charge on any atom is 0.326 e. The molecule has 1 aliphatic carbocycles. The lowest BCUT2D eigenvalue weighted by molar-refractivity contribution is -0.153. The highest BCUT2D eigenvalue weighted by molar-refractivity contribution is 5.86. The first-order chi connectivity index (χ1) is 11.2. The van der Waals surface area contributed by atoms with Crippen molar-refractivity contribution >= 4 is 11.9 Å². The quantitative estimate of drug-likeness (QED) is 0.910. The lowest BCUT2D eigenvalue weighted by Gasteiger charge is -2.37. The second-order valence-electron chi connectivity index (χ2n) is 6.84. The van der Waals surface area contributed by atoms with Crippen molar-refractivity contribution in [1.29, 1.82) is 0 Å². The third-order valence-corrected chi connectivity index (χ3v) is 5.27. The molecule has 0 bridgehead atoms. The van der Waals surface area contributed by atoms with Crippen LogP contribution >= 0.6 is 0 Å². The number of carboxylic acid groups (broad SMARTS) is 1. The number of hydrogen-bond acceptors (Lipinski definition) is 2. The van der Waals surface area contributed by atoms with E-state index < -0.39 is 12.0 Å². The van der Waals surface area contributed by atoms with Gasteiger partial charge in [-0.3, -0.25) is 4.79 Å². The Morgan fingerprint density at radius 2 is 1.57 bits per heavy atom. The van der Waals surface area contributed by atoms with Crippen molar-refractivity contribution in [3.63, 3.8) is 0 Å². The van der Waals surface area contributed by atoms with Crippen LogP contribution in [0.1, 0.15) is 56.1 Å². The molecule has 124 valence electrons. The molecule has 1 aromatic carbocycles. The van der Waals surface area contributed by atoms with Crippen molar-refractivity contribution in [3.05, 3.63) is 35.4 Å². The van der Waals surface area contributed by atoms with E-state index in [-0.39, 0.29) is 11.8 Å². The number of fused-ring (bicyclic) bond motifs is 1. The molecule has 1 amide bonds. The summed E-state index contributed by atoms with van der Waals surface area (Å²) >= 11 is 0. The number of aliphatic carboxylic acids is 1. The van der Waals surface area contributed by atoms with Crippen LogP contribution in [-0.2, 0) is 22.6 Å². The van der Waals surface area contributed by atoms with E-state index in [0.717, 1.165) is 36.8 Å². The van der Waals surface area contributed by atoms with Gasteiger partial charge in [-0.2, -0.15) is 0 Å². The Bertz CT molecular complexity index is 576. The van der Waals surface area contributed by atoms with Gasteiger partial charge in [0, 0.05) is 18.9 Å². The zero-order valence-corrected chi connectivity index (χ0v) is 13.5. The zero-order chi connectivity index (χ0) is 16.2. The van der Waals surface area contributed by atoms with E-state index in [1.807, 2.05) is 24.3 Å². The molecule has 3 rings (SSSR count). The van der Waals surface area contributed by atoms with E-state index >= 15 is 0 Å². The number of amides is 1. The average molecular weight is 315 g/mol. The van der Waals surface area contributed by atoms with E-state index in [2.05, 4.69) is 0 Å². The van der Waals surface area contributed by atoms with Crippen molar-refractivity contribution in [1.82, 2.24) is 4.90 Å². The van der Waals surface area contributed by atoms with Crippen LogP contribution in [0.5, 0.6) is 0 Å². The number of nitrogens with zero attached hydrogens (tertiary/aromatic N) is 1. The van der Waals surface area contributed by atoms with E-state index in [9.17, 15) is 14.7 Å². The van der Waals surface area contributed by atoms with Gasteiger partial charge in [-0.1, -0.05) is 56.4 Å². The van der Waals surface area contributed by atoms with Crippen LogP contribution in [0.3, 0.4) is 0 Å². The maximum atomic E-state index is 13.0. The van der Waals surface area contributed by atoms with E-state index in [0.29, 0.717) is 13.0 Å². The summed E-state index contributed by atoms with van der Waals surface area (Å²) in [4.78, 5) is 26.3. The summed E-state index contributed by atoms with van der Waals surface area (Å²) in [7, 11) is 0. The predicted octanol–water partition coefficient (Wildman–Crippen LogP) is 3.39. The second kappa shape index (κ2) is 7.16. The monoisotopic (exact) mass is 315 g/mol. The summed E-state index contributed by atoms with van der Waals surface area (Å²) in [5.74, 6) is -0.838. The van der Waals surface area contributed by atoms with Gasteiger partial charge in [0.2, 0.25) is 5.91 Å². The number of benzene rings is 1. The molecule has 1 aromatic rings. The highest BCUT2D eigenvalue weighted by Gasteiger charge is 2.37. The first-order valence-electron chi connectivity index (χ1n) is 8.77. The van der Waals surface area contributed by atoms with Gasteiger partial charge in [0.1, 0.15) is 6.04 Å². The van der Waals surface area contributed by atoms with Crippen molar-refractivity contribution < 1.29 is 14.7 Å². The Hall–Kier alpha value is -1.84. The van der Waals surface area contributed by atoms with E-state index in [4.69, 9.17) is 0 Å². The van der Waals surface area contributed by atoms with Gasteiger partial charge in [0.25, 0.3) is 0 Å². The van der Waals surface area contributed by atoms with Crippen LogP contribution in [0.2, 0.25) is 0 Å². The normalized spacial score (nSPS) is 22.8. The summed E-state index contributed by atoms with van der Waals surface area (Å²) in [5, 5.41) is 9.59. The molecule has 1 N–H and O–H groups in total. The molecule has 1 heterocycles. The fourth-order valence-corrected chi connectivity index (χ4v) is 3.91. The Labute approximate surface area is 137 Å². The molecular formula is C19H25NO3. The Morgan fingerprint density at radius 1 is 0.957 bits per heavy atom. The number of hydrogen-bond donors (Lipinski definition) is 1. The standard InChI is InChI=1S/C19H25NO3/c21-18(14-8-4-2-1-3-5-9-14)20-13-16-11-7-6-10-15(16)12-17(20)19(22)23/h6-7,10-11,14,17H,1-5,8-9,12-13H2,(H,22,23). The van der Waals surface area contributed by atoms with Crippen molar-refractivity contribution in [2.45, 2.75) is 64.0 Å². The topological polar surface area (TPSA) is 57.6 Å². The summed E-state index contributed by atoms with van der Waals surface area (Å²) in [6.07, 6.45) is 8.04. The molecule has 1 unspecified atom stereocenters. The summed E-state index contributed by atoms with van der Waals surface area (Å²) in [6, 6.07) is 7.15. The fourth-order valence-electron chi connectivity index (χ4n) is 3.91. The minimum absolute atomic E-state index is 0.00223. The van der Waals surface area contributed by atoms with E-state index in [1.165, 1.54) is 19.3 Å². The van der Waals surface area contributed by atoms with Crippen molar-refractivity contribution in [3.8, 4) is 0 Å². The molecule has 0 spiro atoms. The van der Waals surface area contributed by atoms with Gasteiger partial charge in [-0.25, -0.2) is 4.79 Å².